The van der Waals surface area contributed by atoms with Crippen LogP contribution in [-0.4, -0.2) is 34.6 Å². The average Bonchev–Trinajstić information content (AvgIpc) is 2.83. The van der Waals surface area contributed by atoms with Crippen molar-refractivity contribution >= 4 is 12.0 Å². The minimum absolute atomic E-state index is 0.0799. The quantitative estimate of drug-likeness (QED) is 0.736. The van der Waals surface area contributed by atoms with Crippen molar-refractivity contribution in [1.29, 1.82) is 0 Å². The maximum absolute atomic E-state index is 13.9. The number of rotatable bonds is 1. The number of carbonyl (C=O) groups excluding carboxylic acids is 2. The molecule has 1 aromatic rings. The Kier molecular flexibility index (Phi) is 5.62. The molecular weight excluding hydrogens is 378 g/mol. The van der Waals surface area contributed by atoms with Gasteiger partial charge in [0.2, 0.25) is 5.91 Å². The number of carbonyl (C=O) groups is 2. The molecule has 160 valence electrons. The Labute approximate surface area is 170 Å². The van der Waals surface area contributed by atoms with Crippen molar-refractivity contribution in [3.8, 4) is 0 Å². The molecule has 3 rings (SSSR count). The number of amides is 2. The lowest BCUT2D eigenvalue weighted by atomic mass is 9.79. The van der Waals surface area contributed by atoms with Gasteiger partial charge in [0.1, 0.15) is 22.8 Å². The van der Waals surface area contributed by atoms with Crippen LogP contribution in [0.4, 0.5) is 13.6 Å². The first-order valence-corrected chi connectivity index (χ1v) is 10.3. The fourth-order valence-electron chi connectivity index (χ4n) is 4.40. The monoisotopic (exact) mass is 408 g/mol. The molecular formula is C22H30F2N2O3. The summed E-state index contributed by atoms with van der Waals surface area (Å²) >= 11 is 0. The van der Waals surface area contributed by atoms with Gasteiger partial charge in [-0.25, -0.2) is 13.6 Å². The standard InChI is InChI=1S/C22H30F2N2O3/c1-20(2,3)29-19(28)26-14-21(4,15-11-16(23)13-17(24)12-15)25-18(27)22(26)9-7-5-6-8-10-22/h11-13H,5-10,14H2,1-4H3,(H,25,27)/t21-/m0/s1. The number of halogens is 2. The number of ether oxygens (including phenoxy) is 1. The van der Waals surface area contributed by atoms with Crippen molar-refractivity contribution in [2.24, 2.45) is 0 Å². The molecule has 1 spiro atoms. The molecule has 5 nitrogen and oxygen atoms in total. The molecule has 1 heterocycles. The van der Waals surface area contributed by atoms with Crippen LogP contribution in [0.1, 0.15) is 71.8 Å². The number of benzene rings is 1. The van der Waals surface area contributed by atoms with E-state index < -0.39 is 34.4 Å². The summed E-state index contributed by atoms with van der Waals surface area (Å²) < 4.78 is 33.4. The normalized spacial score (nSPS) is 24.8. The van der Waals surface area contributed by atoms with Gasteiger partial charge in [0.05, 0.1) is 12.1 Å². The predicted octanol–water partition coefficient (Wildman–Crippen LogP) is 4.64. The van der Waals surface area contributed by atoms with Crippen molar-refractivity contribution in [3.05, 3.63) is 35.4 Å². The average molecular weight is 408 g/mol. The Morgan fingerprint density at radius 2 is 1.62 bits per heavy atom. The highest BCUT2D eigenvalue weighted by Gasteiger charge is 2.55. The van der Waals surface area contributed by atoms with Crippen molar-refractivity contribution in [1.82, 2.24) is 10.2 Å². The first kappa shape index (κ1) is 21.5. The molecule has 0 aromatic heterocycles. The van der Waals surface area contributed by atoms with Crippen LogP contribution in [0.5, 0.6) is 0 Å². The topological polar surface area (TPSA) is 58.6 Å². The van der Waals surface area contributed by atoms with Gasteiger partial charge in [-0.2, -0.15) is 0 Å². The number of hydrogen-bond donors (Lipinski definition) is 1. The van der Waals surface area contributed by atoms with Crippen molar-refractivity contribution in [3.63, 3.8) is 0 Å². The Hall–Kier alpha value is -2.18. The molecule has 1 saturated carbocycles. The third-order valence-corrected chi connectivity index (χ3v) is 5.85. The van der Waals surface area contributed by atoms with E-state index >= 15 is 0 Å². The van der Waals surface area contributed by atoms with E-state index in [1.165, 1.54) is 17.0 Å². The van der Waals surface area contributed by atoms with E-state index in [1.807, 2.05) is 0 Å². The number of hydrogen-bond acceptors (Lipinski definition) is 3. The molecule has 0 bridgehead atoms. The summed E-state index contributed by atoms with van der Waals surface area (Å²) in [6.07, 6.45) is 4.19. The number of nitrogens with one attached hydrogen (secondary N) is 1. The van der Waals surface area contributed by atoms with Gasteiger partial charge >= 0.3 is 6.09 Å². The number of piperazine rings is 1. The second kappa shape index (κ2) is 7.58. The van der Waals surface area contributed by atoms with Crippen LogP contribution in [0.2, 0.25) is 0 Å². The lowest BCUT2D eigenvalue weighted by Crippen LogP contribution is -2.72. The van der Waals surface area contributed by atoms with Gasteiger partial charge in [-0.1, -0.05) is 25.7 Å². The lowest BCUT2D eigenvalue weighted by Gasteiger charge is -2.52. The first-order chi connectivity index (χ1) is 13.5. The summed E-state index contributed by atoms with van der Waals surface area (Å²) in [6, 6.07) is 3.18. The molecule has 29 heavy (non-hydrogen) atoms. The van der Waals surface area contributed by atoms with Gasteiger partial charge in [0, 0.05) is 6.07 Å². The molecule has 0 unspecified atom stereocenters. The maximum Gasteiger partial charge on any atom is 0.411 e. The van der Waals surface area contributed by atoms with Crippen molar-refractivity contribution in [2.75, 3.05) is 6.54 Å². The molecule has 2 fully saturated rings. The van der Waals surface area contributed by atoms with Gasteiger partial charge < -0.3 is 10.1 Å². The minimum Gasteiger partial charge on any atom is -0.444 e. The SMILES string of the molecule is CC(C)(C)OC(=O)N1C[C@@](C)(c2cc(F)cc(F)c2)NC(=O)C12CCCCCC2. The third-order valence-electron chi connectivity index (χ3n) is 5.85. The fourth-order valence-corrected chi connectivity index (χ4v) is 4.40. The summed E-state index contributed by atoms with van der Waals surface area (Å²) in [5.41, 5.74) is -2.57. The third kappa shape index (κ3) is 4.38. The second-order valence-electron chi connectivity index (χ2n) is 9.46. The van der Waals surface area contributed by atoms with E-state index in [0.29, 0.717) is 12.8 Å². The van der Waals surface area contributed by atoms with Gasteiger partial charge in [0.15, 0.2) is 0 Å². The predicted molar refractivity (Wildman–Crippen MR) is 105 cm³/mol. The van der Waals surface area contributed by atoms with Crippen molar-refractivity contribution in [2.45, 2.75) is 82.9 Å². The van der Waals surface area contributed by atoms with Crippen LogP contribution in [0.3, 0.4) is 0 Å². The van der Waals surface area contributed by atoms with E-state index in [9.17, 15) is 18.4 Å². The molecule has 1 N–H and O–H groups in total. The van der Waals surface area contributed by atoms with E-state index in [1.54, 1.807) is 27.7 Å². The molecule has 7 heteroatoms. The summed E-state index contributed by atoms with van der Waals surface area (Å²) in [7, 11) is 0. The number of nitrogens with zero attached hydrogens (tertiary/aromatic N) is 1. The van der Waals surface area contributed by atoms with Gasteiger partial charge in [-0.3, -0.25) is 9.69 Å². The van der Waals surface area contributed by atoms with Crippen LogP contribution in [0, 0.1) is 11.6 Å². The van der Waals surface area contributed by atoms with Crippen molar-refractivity contribution < 1.29 is 23.1 Å². The molecule has 1 aromatic carbocycles. The first-order valence-electron chi connectivity index (χ1n) is 10.3. The molecule has 1 saturated heterocycles. The zero-order chi connectivity index (χ0) is 21.4. The second-order valence-corrected chi connectivity index (χ2v) is 9.46. The lowest BCUT2D eigenvalue weighted by molar-refractivity contribution is -0.144. The largest absolute Gasteiger partial charge is 0.444 e. The molecule has 0 radical (unpaired) electrons. The molecule has 1 atom stereocenters. The Bertz CT molecular complexity index is 777. The van der Waals surface area contributed by atoms with Gasteiger partial charge in [-0.15, -0.1) is 0 Å². The summed E-state index contributed by atoms with van der Waals surface area (Å²) in [5, 5.41) is 2.98. The highest BCUT2D eigenvalue weighted by molar-refractivity contribution is 5.92. The summed E-state index contributed by atoms with van der Waals surface area (Å²) in [6.45, 7) is 7.08. The van der Waals surface area contributed by atoms with Crippen LogP contribution < -0.4 is 5.32 Å². The van der Waals surface area contributed by atoms with E-state index in [4.69, 9.17) is 4.74 Å². The Balaban J connectivity index is 2.04. The van der Waals surface area contributed by atoms with Crippen LogP contribution in [-0.2, 0) is 15.1 Å². The van der Waals surface area contributed by atoms with Gasteiger partial charge in [0.25, 0.3) is 0 Å². The smallest absolute Gasteiger partial charge is 0.411 e. The zero-order valence-corrected chi connectivity index (χ0v) is 17.6. The van der Waals surface area contributed by atoms with E-state index in [-0.39, 0.29) is 18.0 Å². The van der Waals surface area contributed by atoms with Crippen LogP contribution in [0.15, 0.2) is 18.2 Å². The maximum atomic E-state index is 13.9. The summed E-state index contributed by atoms with van der Waals surface area (Å²) in [5.74, 6) is -1.74. The van der Waals surface area contributed by atoms with Gasteiger partial charge in [-0.05, 0) is 58.2 Å². The van der Waals surface area contributed by atoms with E-state index in [0.717, 1.165) is 31.7 Å². The Morgan fingerprint density at radius 3 is 2.14 bits per heavy atom. The minimum atomic E-state index is -1.13. The van der Waals surface area contributed by atoms with Crippen LogP contribution in [0.25, 0.3) is 0 Å². The fraction of sp³-hybridized carbons (Fsp3) is 0.636. The van der Waals surface area contributed by atoms with E-state index in [2.05, 4.69) is 5.32 Å². The molecule has 1 aliphatic carbocycles. The zero-order valence-electron chi connectivity index (χ0n) is 17.6. The molecule has 2 amide bonds. The van der Waals surface area contributed by atoms with Crippen LogP contribution >= 0.6 is 0 Å². The molecule has 2 aliphatic rings. The summed E-state index contributed by atoms with van der Waals surface area (Å²) in [4.78, 5) is 28.1. The highest BCUT2D eigenvalue weighted by Crippen LogP contribution is 2.40. The Morgan fingerprint density at radius 1 is 1.07 bits per heavy atom. The highest BCUT2D eigenvalue weighted by atomic mass is 19.1. The molecule has 1 aliphatic heterocycles.